The lowest BCUT2D eigenvalue weighted by molar-refractivity contribution is 0.475. The van der Waals surface area contributed by atoms with E-state index in [-0.39, 0.29) is 11.6 Å². The zero-order valence-corrected chi connectivity index (χ0v) is 11.8. The van der Waals surface area contributed by atoms with E-state index in [2.05, 4.69) is 10.2 Å². The van der Waals surface area contributed by atoms with Gasteiger partial charge in [-0.25, -0.2) is 4.39 Å². The molecule has 0 spiro atoms. The van der Waals surface area contributed by atoms with E-state index in [1.807, 2.05) is 24.3 Å². The van der Waals surface area contributed by atoms with Crippen molar-refractivity contribution in [1.82, 2.24) is 0 Å². The van der Waals surface area contributed by atoms with E-state index in [4.69, 9.17) is 0 Å². The Hall–Kier alpha value is -2.23. The highest BCUT2D eigenvalue weighted by Crippen LogP contribution is 2.26. The third-order valence-corrected chi connectivity index (χ3v) is 3.83. The van der Waals surface area contributed by atoms with Crippen molar-refractivity contribution < 1.29 is 9.50 Å². The first kappa shape index (κ1) is 13.7. The summed E-state index contributed by atoms with van der Waals surface area (Å²) in [4.78, 5) is 2.10. The molecule has 0 aliphatic carbocycles. The van der Waals surface area contributed by atoms with Crippen LogP contribution in [0.1, 0.15) is 18.4 Å². The van der Waals surface area contributed by atoms with Crippen molar-refractivity contribution in [1.29, 1.82) is 0 Å². The first-order valence-corrected chi connectivity index (χ1v) is 7.29. The van der Waals surface area contributed by atoms with E-state index in [0.29, 0.717) is 12.2 Å². The van der Waals surface area contributed by atoms with Crippen molar-refractivity contribution in [2.24, 2.45) is 0 Å². The van der Waals surface area contributed by atoms with Crippen LogP contribution in [-0.2, 0) is 6.54 Å². The predicted octanol–water partition coefficient (Wildman–Crippen LogP) is 3.74. The quantitative estimate of drug-likeness (QED) is 0.898. The second kappa shape index (κ2) is 6.04. The largest absolute Gasteiger partial charge is 0.508 e. The Balaban J connectivity index is 1.66. The van der Waals surface area contributed by atoms with Gasteiger partial charge in [0.15, 0.2) is 0 Å². The number of phenols is 1. The van der Waals surface area contributed by atoms with Gasteiger partial charge in [-0.2, -0.15) is 0 Å². The van der Waals surface area contributed by atoms with Crippen LogP contribution >= 0.6 is 0 Å². The maximum Gasteiger partial charge on any atom is 0.148 e. The lowest BCUT2D eigenvalue weighted by Crippen LogP contribution is -2.18. The number of nitrogens with one attached hydrogen (secondary N) is 1. The van der Waals surface area contributed by atoms with Crippen LogP contribution in [0.2, 0.25) is 0 Å². The normalized spacial score (nSPS) is 14.4. The highest BCUT2D eigenvalue weighted by Gasteiger charge is 2.16. The fraction of sp³-hybridized carbons (Fsp3) is 0.294. The Morgan fingerprint density at radius 2 is 1.76 bits per heavy atom. The summed E-state index contributed by atoms with van der Waals surface area (Å²) in [6.07, 6.45) is 2.28. The zero-order chi connectivity index (χ0) is 14.7. The fourth-order valence-corrected chi connectivity index (χ4v) is 2.65. The Morgan fingerprint density at radius 1 is 1.05 bits per heavy atom. The van der Waals surface area contributed by atoms with Gasteiger partial charge < -0.3 is 15.3 Å². The molecule has 0 amide bonds. The Kier molecular flexibility index (Phi) is 3.95. The molecule has 0 atom stereocenters. The molecule has 0 saturated carbocycles. The number of aromatic hydroxyl groups is 1. The number of hydrogen-bond donors (Lipinski definition) is 2. The van der Waals surface area contributed by atoms with Gasteiger partial charge in [-0.15, -0.1) is 0 Å². The highest BCUT2D eigenvalue weighted by molar-refractivity contribution is 5.57. The maximum atomic E-state index is 14.2. The van der Waals surface area contributed by atoms with Crippen molar-refractivity contribution in [3.05, 3.63) is 53.8 Å². The van der Waals surface area contributed by atoms with Gasteiger partial charge >= 0.3 is 0 Å². The molecule has 4 heteroatoms. The van der Waals surface area contributed by atoms with Crippen molar-refractivity contribution in [3.8, 4) is 5.75 Å². The summed E-state index contributed by atoms with van der Waals surface area (Å²) >= 11 is 0. The molecule has 21 heavy (non-hydrogen) atoms. The van der Waals surface area contributed by atoms with Crippen LogP contribution in [0.3, 0.4) is 0 Å². The first-order chi connectivity index (χ1) is 10.2. The Morgan fingerprint density at radius 3 is 2.43 bits per heavy atom. The number of hydrogen-bond acceptors (Lipinski definition) is 3. The minimum Gasteiger partial charge on any atom is -0.508 e. The van der Waals surface area contributed by atoms with Crippen molar-refractivity contribution >= 4 is 11.4 Å². The summed E-state index contributed by atoms with van der Waals surface area (Å²) in [5.41, 5.74) is 2.50. The molecule has 2 aromatic rings. The Labute approximate surface area is 124 Å². The number of phenolic OH excluding ortho intramolecular Hbond substituents is 1. The van der Waals surface area contributed by atoms with Gasteiger partial charge in [-0.3, -0.25) is 0 Å². The second-order valence-electron chi connectivity index (χ2n) is 5.38. The molecule has 2 N–H and O–H groups in total. The van der Waals surface area contributed by atoms with E-state index < -0.39 is 0 Å². The van der Waals surface area contributed by atoms with Gasteiger partial charge in [-0.1, -0.05) is 12.1 Å². The molecule has 0 bridgehead atoms. The van der Waals surface area contributed by atoms with Crippen LogP contribution < -0.4 is 10.2 Å². The lowest BCUT2D eigenvalue weighted by atomic mass is 10.2. The third-order valence-electron chi connectivity index (χ3n) is 3.83. The van der Waals surface area contributed by atoms with Crippen LogP contribution in [-0.4, -0.2) is 18.2 Å². The molecule has 1 saturated heterocycles. The van der Waals surface area contributed by atoms with Crippen LogP contribution in [0.4, 0.5) is 15.8 Å². The molecule has 0 aromatic heterocycles. The standard InChI is InChI=1S/C17H19FN2O/c18-16-11-14(5-8-17(16)20-9-1-2-10-20)19-12-13-3-6-15(21)7-4-13/h3-8,11,19,21H,1-2,9-10,12H2. The summed E-state index contributed by atoms with van der Waals surface area (Å²) in [6.45, 7) is 2.48. The molecule has 3 nitrogen and oxygen atoms in total. The van der Waals surface area contributed by atoms with Crippen LogP contribution in [0.15, 0.2) is 42.5 Å². The zero-order valence-electron chi connectivity index (χ0n) is 11.8. The number of rotatable bonds is 4. The SMILES string of the molecule is Oc1ccc(CNc2ccc(N3CCCC3)c(F)c2)cc1. The number of anilines is 2. The molecule has 1 aliphatic rings. The molecule has 0 unspecified atom stereocenters. The summed E-state index contributed by atoms with van der Waals surface area (Å²) < 4.78 is 14.2. The number of nitrogens with zero attached hydrogens (tertiary/aromatic N) is 1. The molecular formula is C17H19FN2O. The highest BCUT2D eigenvalue weighted by atomic mass is 19.1. The second-order valence-corrected chi connectivity index (χ2v) is 5.38. The van der Waals surface area contributed by atoms with Crippen LogP contribution in [0.5, 0.6) is 5.75 Å². The van der Waals surface area contributed by atoms with Gasteiger partial charge in [-0.05, 0) is 48.7 Å². The molecule has 3 rings (SSSR count). The van der Waals surface area contributed by atoms with Crippen LogP contribution in [0.25, 0.3) is 0 Å². The minimum atomic E-state index is -0.174. The van der Waals surface area contributed by atoms with Crippen molar-refractivity contribution in [2.45, 2.75) is 19.4 Å². The third kappa shape index (κ3) is 3.27. The predicted molar refractivity (Wildman–Crippen MR) is 83.3 cm³/mol. The van der Waals surface area contributed by atoms with E-state index in [9.17, 15) is 9.50 Å². The Bertz CT molecular complexity index is 607. The molecular weight excluding hydrogens is 267 g/mol. The smallest absolute Gasteiger partial charge is 0.148 e. The number of halogens is 1. The van der Waals surface area contributed by atoms with E-state index >= 15 is 0 Å². The van der Waals surface area contributed by atoms with Gasteiger partial charge in [0, 0.05) is 25.3 Å². The van der Waals surface area contributed by atoms with E-state index in [1.54, 1.807) is 18.2 Å². The topological polar surface area (TPSA) is 35.5 Å². The summed E-state index contributed by atoms with van der Waals surface area (Å²) in [5.74, 6) is 0.0763. The van der Waals surface area contributed by atoms with Gasteiger partial charge in [0.2, 0.25) is 0 Å². The summed E-state index contributed by atoms with van der Waals surface area (Å²) in [5, 5.41) is 12.4. The number of benzene rings is 2. The monoisotopic (exact) mass is 286 g/mol. The average Bonchev–Trinajstić information content (AvgIpc) is 3.01. The summed E-state index contributed by atoms with van der Waals surface area (Å²) in [7, 11) is 0. The molecule has 1 aliphatic heterocycles. The molecule has 0 radical (unpaired) electrons. The lowest BCUT2D eigenvalue weighted by Gasteiger charge is -2.19. The first-order valence-electron chi connectivity index (χ1n) is 7.29. The van der Waals surface area contributed by atoms with E-state index in [1.165, 1.54) is 0 Å². The molecule has 1 fully saturated rings. The average molecular weight is 286 g/mol. The van der Waals surface area contributed by atoms with Crippen molar-refractivity contribution in [3.63, 3.8) is 0 Å². The maximum absolute atomic E-state index is 14.2. The summed E-state index contributed by atoms with van der Waals surface area (Å²) in [6, 6.07) is 12.3. The fourth-order valence-electron chi connectivity index (χ4n) is 2.65. The van der Waals surface area contributed by atoms with Gasteiger partial charge in [0.25, 0.3) is 0 Å². The van der Waals surface area contributed by atoms with Crippen LogP contribution in [0, 0.1) is 5.82 Å². The van der Waals surface area contributed by atoms with E-state index in [0.717, 1.165) is 37.2 Å². The molecule has 110 valence electrons. The molecule has 2 aromatic carbocycles. The van der Waals surface area contributed by atoms with Crippen molar-refractivity contribution in [2.75, 3.05) is 23.3 Å². The van der Waals surface area contributed by atoms with Gasteiger partial charge in [0.1, 0.15) is 11.6 Å². The molecule has 1 heterocycles. The van der Waals surface area contributed by atoms with Gasteiger partial charge in [0.05, 0.1) is 5.69 Å². The minimum absolute atomic E-state index is 0.174.